The molecule has 11 heteroatoms. The van der Waals surface area contributed by atoms with Crippen LogP contribution < -0.4 is 5.32 Å². The van der Waals surface area contributed by atoms with E-state index in [2.05, 4.69) is 31.3 Å². The Morgan fingerprint density at radius 2 is 1.00 bits per heavy atom. The molecule has 0 saturated carbocycles. The van der Waals surface area contributed by atoms with Crippen LogP contribution in [0.4, 0.5) is 0 Å². The Bertz CT molecular complexity index is 970. The SMILES string of the molecule is CCCCCCCCC/C=C/CCC[C@@H](O)[C@@H](O)[C@H](CO[C@@H]1O[C@H](CO)[C@@H](O)[C@H](O)[C@H]1O)NC(=O)[C@H](O)CCCCCCCCCCCCCCCCCCCCCC. The summed E-state index contributed by atoms with van der Waals surface area (Å²) in [4.78, 5) is 13.1. The molecule has 0 bridgehead atoms. The van der Waals surface area contributed by atoms with Crippen LogP contribution in [0, 0.1) is 0 Å². The van der Waals surface area contributed by atoms with E-state index in [0.717, 1.165) is 38.5 Å². The summed E-state index contributed by atoms with van der Waals surface area (Å²) >= 11 is 0. The van der Waals surface area contributed by atoms with E-state index in [1.807, 2.05) is 0 Å². The third kappa shape index (κ3) is 28.2. The number of allylic oxidation sites excluding steroid dienone is 2. The Hall–Kier alpha value is -1.15. The molecule has 1 aliphatic rings. The van der Waals surface area contributed by atoms with Crippen molar-refractivity contribution in [2.75, 3.05) is 13.2 Å². The lowest BCUT2D eigenvalue weighted by Gasteiger charge is -2.40. The summed E-state index contributed by atoms with van der Waals surface area (Å²) in [6, 6.07) is -1.18. The Labute approximate surface area is 360 Å². The molecule has 0 aromatic carbocycles. The normalized spacial score (nSPS) is 21.8. The van der Waals surface area contributed by atoms with Gasteiger partial charge in [-0.25, -0.2) is 0 Å². The molecule has 0 aromatic heterocycles. The Balaban J connectivity index is 2.39. The van der Waals surface area contributed by atoms with E-state index < -0.39 is 74.2 Å². The number of unbranched alkanes of at least 4 members (excludes halogenated alkanes) is 27. The smallest absolute Gasteiger partial charge is 0.249 e. The van der Waals surface area contributed by atoms with E-state index in [0.29, 0.717) is 12.8 Å². The number of aliphatic hydroxyl groups excluding tert-OH is 7. The van der Waals surface area contributed by atoms with Gasteiger partial charge in [0.05, 0.1) is 25.4 Å². The van der Waals surface area contributed by atoms with Crippen molar-refractivity contribution in [1.29, 1.82) is 0 Å². The van der Waals surface area contributed by atoms with E-state index in [9.17, 15) is 40.5 Å². The highest BCUT2D eigenvalue weighted by Crippen LogP contribution is 2.23. The molecule has 1 heterocycles. The molecule has 0 aliphatic carbocycles. The molecular weight excluding hydrogens is 751 g/mol. The third-order valence-electron chi connectivity index (χ3n) is 12.1. The van der Waals surface area contributed by atoms with E-state index in [1.54, 1.807) is 0 Å². The number of carbonyl (C=O) groups is 1. The molecule has 0 aromatic rings. The Kier molecular flexibility index (Phi) is 36.5. The van der Waals surface area contributed by atoms with Crippen LogP contribution in [-0.2, 0) is 14.3 Å². The number of ether oxygens (including phenoxy) is 2. The van der Waals surface area contributed by atoms with Gasteiger partial charge >= 0.3 is 0 Å². The number of amides is 1. The molecule has 0 radical (unpaired) electrons. The van der Waals surface area contributed by atoms with Gasteiger partial charge in [0.15, 0.2) is 6.29 Å². The molecule has 11 nitrogen and oxygen atoms in total. The first-order chi connectivity index (χ1) is 28.7. The first-order valence-electron chi connectivity index (χ1n) is 24.6. The summed E-state index contributed by atoms with van der Waals surface area (Å²) in [6.07, 6.45) is 29.8. The molecule has 9 atom stereocenters. The molecule has 1 aliphatic heterocycles. The van der Waals surface area contributed by atoms with Crippen molar-refractivity contribution in [1.82, 2.24) is 5.32 Å². The highest BCUT2D eigenvalue weighted by molar-refractivity contribution is 5.80. The second-order valence-electron chi connectivity index (χ2n) is 17.5. The molecule has 350 valence electrons. The Morgan fingerprint density at radius 3 is 1.46 bits per heavy atom. The van der Waals surface area contributed by atoms with Crippen molar-refractivity contribution < 1.29 is 50.0 Å². The number of hydrogen-bond donors (Lipinski definition) is 8. The monoisotopic (exact) mass is 844 g/mol. The maximum atomic E-state index is 13.1. The molecule has 8 N–H and O–H groups in total. The first-order valence-corrected chi connectivity index (χ1v) is 24.6. The zero-order chi connectivity index (χ0) is 43.4. The van der Waals surface area contributed by atoms with Crippen molar-refractivity contribution in [2.24, 2.45) is 0 Å². The van der Waals surface area contributed by atoms with Gasteiger partial charge < -0.3 is 50.5 Å². The van der Waals surface area contributed by atoms with Crippen molar-refractivity contribution in [3.8, 4) is 0 Å². The van der Waals surface area contributed by atoms with Crippen LogP contribution in [0.2, 0.25) is 0 Å². The summed E-state index contributed by atoms with van der Waals surface area (Å²) in [5.74, 6) is -0.704. The highest BCUT2D eigenvalue weighted by atomic mass is 16.7. The predicted molar refractivity (Wildman–Crippen MR) is 238 cm³/mol. The molecule has 1 rings (SSSR count). The fraction of sp³-hybridized carbons (Fsp3) is 0.938. The van der Waals surface area contributed by atoms with Crippen LogP contribution in [0.3, 0.4) is 0 Å². The van der Waals surface area contributed by atoms with Crippen LogP contribution in [0.15, 0.2) is 12.2 Å². The fourth-order valence-corrected chi connectivity index (χ4v) is 7.97. The standard InChI is InChI=1S/C48H93NO10/c1-3-5-7-9-11-13-15-17-18-19-20-21-22-23-24-26-28-30-32-34-36-41(52)47(57)49-39(38-58-48-46(56)45(55)44(54)42(37-50)59-48)43(53)40(51)35-33-31-29-27-25-16-14-12-10-8-6-4-2/h27,29,39-46,48,50-56H,3-26,28,30-38H2,1-2H3,(H,49,57)/b29-27+/t39-,40+,41+,42+,43-,44+,45-,46+,48+/m0/s1. The van der Waals surface area contributed by atoms with Crippen LogP contribution in [0.5, 0.6) is 0 Å². The Morgan fingerprint density at radius 1 is 0.576 bits per heavy atom. The number of hydrogen-bond acceptors (Lipinski definition) is 10. The van der Waals surface area contributed by atoms with Gasteiger partial charge in [-0.15, -0.1) is 0 Å². The van der Waals surface area contributed by atoms with Gasteiger partial charge in [-0.1, -0.05) is 193 Å². The summed E-state index contributed by atoms with van der Waals surface area (Å²) in [5.41, 5.74) is 0. The van der Waals surface area contributed by atoms with Gasteiger partial charge in [0.1, 0.15) is 36.6 Å². The predicted octanol–water partition coefficient (Wildman–Crippen LogP) is 8.45. The summed E-state index contributed by atoms with van der Waals surface area (Å²) in [7, 11) is 0. The summed E-state index contributed by atoms with van der Waals surface area (Å²) in [6.45, 7) is 3.42. The van der Waals surface area contributed by atoms with Crippen LogP contribution in [0.1, 0.15) is 219 Å². The molecule has 1 fully saturated rings. The minimum atomic E-state index is -1.66. The van der Waals surface area contributed by atoms with Gasteiger partial charge in [-0.2, -0.15) is 0 Å². The quantitative estimate of drug-likeness (QED) is 0.0219. The van der Waals surface area contributed by atoms with Gasteiger partial charge in [0, 0.05) is 0 Å². The minimum absolute atomic E-state index is 0.259. The van der Waals surface area contributed by atoms with E-state index >= 15 is 0 Å². The topological polar surface area (TPSA) is 189 Å². The number of aliphatic hydroxyl groups is 7. The van der Waals surface area contributed by atoms with E-state index in [1.165, 1.54) is 141 Å². The maximum Gasteiger partial charge on any atom is 0.249 e. The second kappa shape index (κ2) is 38.5. The molecule has 1 amide bonds. The largest absolute Gasteiger partial charge is 0.394 e. The van der Waals surface area contributed by atoms with Crippen molar-refractivity contribution >= 4 is 5.91 Å². The zero-order valence-corrected chi connectivity index (χ0v) is 37.7. The molecule has 0 spiro atoms. The van der Waals surface area contributed by atoms with E-state index in [4.69, 9.17) is 9.47 Å². The molecule has 59 heavy (non-hydrogen) atoms. The van der Waals surface area contributed by atoms with Crippen molar-refractivity contribution in [3.63, 3.8) is 0 Å². The van der Waals surface area contributed by atoms with Crippen LogP contribution in [-0.4, -0.2) is 110 Å². The summed E-state index contributed by atoms with van der Waals surface area (Å²) in [5, 5.41) is 75.6. The molecule has 1 saturated heterocycles. The average Bonchev–Trinajstić information content (AvgIpc) is 3.23. The minimum Gasteiger partial charge on any atom is -0.394 e. The first kappa shape index (κ1) is 55.9. The number of carbonyl (C=O) groups excluding carboxylic acids is 1. The average molecular weight is 844 g/mol. The third-order valence-corrected chi connectivity index (χ3v) is 12.1. The lowest BCUT2D eigenvalue weighted by Crippen LogP contribution is -2.60. The van der Waals surface area contributed by atoms with Crippen LogP contribution >= 0.6 is 0 Å². The highest BCUT2D eigenvalue weighted by Gasteiger charge is 2.44. The van der Waals surface area contributed by atoms with Gasteiger partial charge in [-0.05, 0) is 38.5 Å². The molecule has 0 unspecified atom stereocenters. The zero-order valence-electron chi connectivity index (χ0n) is 37.7. The molecular formula is C48H93NO10. The van der Waals surface area contributed by atoms with Gasteiger partial charge in [-0.3, -0.25) is 4.79 Å². The fourth-order valence-electron chi connectivity index (χ4n) is 7.97. The van der Waals surface area contributed by atoms with Gasteiger partial charge in [0.25, 0.3) is 0 Å². The van der Waals surface area contributed by atoms with Crippen molar-refractivity contribution in [2.45, 2.75) is 274 Å². The number of rotatable bonds is 41. The maximum absolute atomic E-state index is 13.1. The number of nitrogens with one attached hydrogen (secondary N) is 1. The van der Waals surface area contributed by atoms with Gasteiger partial charge in [0.2, 0.25) is 5.91 Å². The second-order valence-corrected chi connectivity index (χ2v) is 17.5. The van der Waals surface area contributed by atoms with Crippen molar-refractivity contribution in [3.05, 3.63) is 12.2 Å². The van der Waals surface area contributed by atoms with E-state index in [-0.39, 0.29) is 12.8 Å². The lowest BCUT2D eigenvalue weighted by molar-refractivity contribution is -0.303. The summed E-state index contributed by atoms with van der Waals surface area (Å²) < 4.78 is 11.1. The lowest BCUT2D eigenvalue weighted by atomic mass is 9.98. The van der Waals surface area contributed by atoms with Crippen LogP contribution in [0.25, 0.3) is 0 Å².